The Morgan fingerprint density at radius 1 is 1.30 bits per heavy atom. The monoisotopic (exact) mass is 300 g/mol. The number of nitrogen functional groups attached to an aromatic ring is 1. The largest absolute Gasteiger partial charge is 0.399 e. The highest BCUT2D eigenvalue weighted by Crippen LogP contribution is 2.21. The van der Waals surface area contributed by atoms with E-state index in [9.17, 15) is 13.5 Å². The predicted octanol–water partition coefficient (Wildman–Crippen LogP) is 1.65. The average molecular weight is 300 g/mol. The first-order valence-corrected chi connectivity index (χ1v) is 8.03. The highest BCUT2D eigenvalue weighted by molar-refractivity contribution is 7.89. The van der Waals surface area contributed by atoms with Crippen LogP contribution >= 0.6 is 0 Å². The molecule has 0 bridgehead atoms. The van der Waals surface area contributed by atoms with E-state index in [1.165, 1.54) is 6.07 Å². The molecule has 0 aliphatic rings. The van der Waals surface area contributed by atoms with E-state index in [1.807, 2.05) is 20.8 Å². The number of nitrogens with one attached hydrogen (secondary N) is 1. The molecule has 1 aromatic carbocycles. The van der Waals surface area contributed by atoms with E-state index in [4.69, 9.17) is 5.73 Å². The molecular formula is C14H24N2O3S. The van der Waals surface area contributed by atoms with Crippen LogP contribution in [0.4, 0.5) is 5.69 Å². The van der Waals surface area contributed by atoms with Gasteiger partial charge in [-0.1, -0.05) is 20.8 Å². The molecule has 0 aliphatic heterocycles. The minimum absolute atomic E-state index is 0.00650. The Balaban J connectivity index is 2.75. The van der Waals surface area contributed by atoms with E-state index in [-0.39, 0.29) is 16.9 Å². The van der Waals surface area contributed by atoms with Crippen LogP contribution in [0.1, 0.15) is 32.8 Å². The summed E-state index contributed by atoms with van der Waals surface area (Å²) in [6.07, 6.45) is -0.196. The molecule has 0 radical (unpaired) electrons. The number of aliphatic hydroxyl groups is 1. The topological polar surface area (TPSA) is 92.4 Å². The number of aryl methyl sites for hydroxylation is 1. The highest BCUT2D eigenvalue weighted by Gasteiger charge is 2.20. The number of hydrogen-bond donors (Lipinski definition) is 3. The van der Waals surface area contributed by atoms with Gasteiger partial charge in [0, 0.05) is 12.2 Å². The maximum Gasteiger partial charge on any atom is 0.240 e. The number of rotatable bonds is 5. The Kier molecular flexibility index (Phi) is 5.18. The Bertz CT molecular complexity index is 542. The molecule has 1 rings (SSSR count). The summed E-state index contributed by atoms with van der Waals surface area (Å²) >= 11 is 0. The van der Waals surface area contributed by atoms with Crippen LogP contribution in [0.2, 0.25) is 0 Å². The fraction of sp³-hybridized carbons (Fsp3) is 0.571. The number of sulfonamides is 1. The Morgan fingerprint density at radius 2 is 1.90 bits per heavy atom. The maximum absolute atomic E-state index is 12.1. The van der Waals surface area contributed by atoms with Crippen LogP contribution < -0.4 is 10.5 Å². The summed E-state index contributed by atoms with van der Waals surface area (Å²) in [6.45, 7) is 7.75. The zero-order valence-corrected chi connectivity index (χ0v) is 13.3. The first-order chi connectivity index (χ1) is 8.99. The van der Waals surface area contributed by atoms with Crippen LogP contribution in [-0.2, 0) is 10.0 Å². The van der Waals surface area contributed by atoms with E-state index in [2.05, 4.69) is 4.72 Å². The lowest BCUT2D eigenvalue weighted by Gasteiger charge is -2.22. The predicted molar refractivity (Wildman–Crippen MR) is 80.9 cm³/mol. The van der Waals surface area contributed by atoms with Crippen molar-refractivity contribution in [2.45, 2.75) is 45.1 Å². The van der Waals surface area contributed by atoms with Gasteiger partial charge in [-0.15, -0.1) is 0 Å². The molecule has 0 aliphatic carbocycles. The van der Waals surface area contributed by atoms with Crippen molar-refractivity contribution in [3.8, 4) is 0 Å². The lowest BCUT2D eigenvalue weighted by Crippen LogP contribution is -2.34. The summed E-state index contributed by atoms with van der Waals surface area (Å²) in [4.78, 5) is 0.123. The number of nitrogens with two attached hydrogens (primary N) is 1. The van der Waals surface area contributed by atoms with Crippen molar-refractivity contribution in [2.24, 2.45) is 5.41 Å². The van der Waals surface area contributed by atoms with Crippen LogP contribution in [0.5, 0.6) is 0 Å². The number of aliphatic hydroxyl groups excluding tert-OH is 1. The van der Waals surface area contributed by atoms with Crippen molar-refractivity contribution in [2.75, 3.05) is 12.3 Å². The van der Waals surface area contributed by atoms with Crippen molar-refractivity contribution < 1.29 is 13.5 Å². The van der Waals surface area contributed by atoms with Gasteiger partial charge in [-0.05, 0) is 42.5 Å². The van der Waals surface area contributed by atoms with Crippen molar-refractivity contribution in [1.82, 2.24) is 4.72 Å². The molecule has 1 unspecified atom stereocenters. The van der Waals surface area contributed by atoms with Gasteiger partial charge in [-0.2, -0.15) is 0 Å². The minimum Gasteiger partial charge on any atom is -0.399 e. The van der Waals surface area contributed by atoms with Crippen LogP contribution in [0.3, 0.4) is 0 Å². The van der Waals surface area contributed by atoms with Crippen molar-refractivity contribution >= 4 is 15.7 Å². The molecular weight excluding hydrogens is 276 g/mol. The second-order valence-corrected chi connectivity index (χ2v) is 8.12. The fourth-order valence-electron chi connectivity index (χ4n) is 2.00. The Morgan fingerprint density at radius 3 is 2.40 bits per heavy atom. The molecule has 0 spiro atoms. The first kappa shape index (κ1) is 16.9. The van der Waals surface area contributed by atoms with E-state index in [1.54, 1.807) is 19.1 Å². The Labute approximate surface area is 121 Å². The normalized spacial score (nSPS) is 14.2. The molecule has 0 amide bonds. The van der Waals surface area contributed by atoms with Gasteiger partial charge < -0.3 is 10.8 Å². The zero-order chi connectivity index (χ0) is 15.6. The van der Waals surface area contributed by atoms with Gasteiger partial charge in [0.25, 0.3) is 0 Å². The second-order valence-electron chi connectivity index (χ2n) is 6.35. The quantitative estimate of drug-likeness (QED) is 0.721. The van der Waals surface area contributed by atoms with E-state index >= 15 is 0 Å². The number of anilines is 1. The Hall–Kier alpha value is -1.11. The average Bonchev–Trinajstić information content (AvgIpc) is 2.23. The summed E-state index contributed by atoms with van der Waals surface area (Å²) < 4.78 is 26.7. The lowest BCUT2D eigenvalue weighted by molar-refractivity contribution is 0.125. The van der Waals surface area contributed by atoms with Crippen molar-refractivity contribution in [1.29, 1.82) is 0 Å². The third kappa shape index (κ3) is 5.48. The fourth-order valence-corrected chi connectivity index (χ4v) is 3.21. The van der Waals surface area contributed by atoms with Crippen LogP contribution in [0.15, 0.2) is 23.1 Å². The van der Waals surface area contributed by atoms with Gasteiger partial charge >= 0.3 is 0 Å². The van der Waals surface area contributed by atoms with E-state index in [0.29, 0.717) is 12.1 Å². The van der Waals surface area contributed by atoms with Gasteiger partial charge in [-0.3, -0.25) is 0 Å². The molecule has 0 aromatic heterocycles. The minimum atomic E-state index is -3.65. The molecule has 0 saturated heterocycles. The van der Waals surface area contributed by atoms with Crippen molar-refractivity contribution in [3.05, 3.63) is 23.8 Å². The highest BCUT2D eigenvalue weighted by atomic mass is 32.2. The summed E-state index contributed by atoms with van der Waals surface area (Å²) in [5.41, 5.74) is 6.78. The third-order valence-corrected chi connectivity index (χ3v) is 4.14. The smallest absolute Gasteiger partial charge is 0.240 e. The van der Waals surface area contributed by atoms with Crippen LogP contribution in [0, 0.1) is 12.3 Å². The van der Waals surface area contributed by atoms with Crippen molar-refractivity contribution in [3.63, 3.8) is 0 Å². The maximum atomic E-state index is 12.1. The van der Waals surface area contributed by atoms with Gasteiger partial charge in [-0.25, -0.2) is 13.1 Å². The molecule has 6 heteroatoms. The van der Waals surface area contributed by atoms with Crippen LogP contribution in [-0.4, -0.2) is 26.2 Å². The third-order valence-electron chi connectivity index (χ3n) is 2.74. The summed E-state index contributed by atoms with van der Waals surface area (Å²) in [5.74, 6) is 0. The first-order valence-electron chi connectivity index (χ1n) is 6.54. The molecule has 0 fully saturated rings. The summed E-state index contributed by atoms with van der Waals surface area (Å²) in [5, 5.41) is 9.85. The number of benzene rings is 1. The second kappa shape index (κ2) is 6.11. The molecule has 0 saturated carbocycles. The van der Waals surface area contributed by atoms with E-state index < -0.39 is 16.1 Å². The summed E-state index contributed by atoms with van der Waals surface area (Å²) in [7, 11) is -3.65. The lowest BCUT2D eigenvalue weighted by atomic mass is 9.89. The van der Waals surface area contributed by atoms with Gasteiger partial charge in [0.1, 0.15) is 0 Å². The summed E-state index contributed by atoms with van der Waals surface area (Å²) in [6, 6.07) is 4.66. The standard InChI is InChI=1S/C14H24N2O3S/c1-10-5-11(15)7-13(6-10)20(18,19)16-9-12(17)8-14(2,3)4/h5-7,12,16-17H,8-9,15H2,1-4H3. The molecule has 4 N–H and O–H groups in total. The number of hydrogen-bond acceptors (Lipinski definition) is 4. The molecule has 20 heavy (non-hydrogen) atoms. The van der Waals surface area contributed by atoms with Crippen LogP contribution in [0.25, 0.3) is 0 Å². The van der Waals surface area contributed by atoms with E-state index in [0.717, 1.165) is 5.56 Å². The molecule has 0 heterocycles. The SMILES string of the molecule is Cc1cc(N)cc(S(=O)(=O)NCC(O)CC(C)(C)C)c1. The molecule has 1 atom stereocenters. The molecule has 5 nitrogen and oxygen atoms in total. The zero-order valence-electron chi connectivity index (χ0n) is 12.5. The van der Waals surface area contributed by atoms with Gasteiger partial charge in [0.05, 0.1) is 11.0 Å². The molecule has 1 aromatic rings. The molecule has 114 valence electrons. The van der Waals surface area contributed by atoms with Gasteiger partial charge in [0.2, 0.25) is 10.0 Å². The van der Waals surface area contributed by atoms with Gasteiger partial charge in [0.15, 0.2) is 0 Å².